The number of methoxy groups -OCH3 is 1. The van der Waals surface area contributed by atoms with Gasteiger partial charge in [-0.25, -0.2) is 0 Å². The Kier molecular flexibility index (Phi) is 7.14. The molecular weight excluding hydrogens is 355 g/mol. The first-order chi connectivity index (χ1) is 12.4. The molecule has 0 spiro atoms. The smallest absolute Gasteiger partial charge is 0.340 e. The second-order valence-electron chi connectivity index (χ2n) is 5.69. The van der Waals surface area contributed by atoms with Crippen LogP contribution in [0.4, 0.5) is 0 Å². The van der Waals surface area contributed by atoms with Crippen molar-refractivity contribution in [3.63, 3.8) is 0 Å². The van der Waals surface area contributed by atoms with Gasteiger partial charge in [0.2, 0.25) is 0 Å². The Bertz CT molecular complexity index is 760. The van der Waals surface area contributed by atoms with Crippen molar-refractivity contribution in [3.05, 3.63) is 47.5 Å². The number of phenolic OH excluding ortho intramolecular Hbond substituents is 1. The number of benzene rings is 1. The van der Waals surface area contributed by atoms with E-state index in [9.17, 15) is 9.67 Å². The fraction of sp³-hybridized carbons (Fsp3) is 0.444. The average Bonchev–Trinajstić information content (AvgIpc) is 2.63. The topological polar surface area (TPSA) is 90.8 Å². The van der Waals surface area contributed by atoms with Crippen molar-refractivity contribution >= 4 is 7.60 Å². The average molecular weight is 380 g/mol. The number of aromatic hydroxyl groups is 1. The lowest BCUT2D eigenvalue weighted by Gasteiger charge is -2.26. The second kappa shape index (κ2) is 9.12. The molecule has 1 heterocycles. The maximum absolute atomic E-state index is 13.4. The second-order valence-corrected chi connectivity index (χ2v) is 7.91. The fourth-order valence-electron chi connectivity index (χ4n) is 2.75. The molecular formula is C18H25N2O5P. The molecule has 8 heteroatoms. The van der Waals surface area contributed by atoms with Crippen LogP contribution in [0, 0.1) is 6.92 Å². The van der Waals surface area contributed by atoms with Crippen molar-refractivity contribution in [2.75, 3.05) is 20.3 Å². The lowest BCUT2D eigenvalue weighted by Crippen LogP contribution is -2.11. The monoisotopic (exact) mass is 380 g/mol. The molecule has 1 N–H and O–H groups in total. The molecule has 0 fully saturated rings. The van der Waals surface area contributed by atoms with Crippen LogP contribution in [0.2, 0.25) is 0 Å². The van der Waals surface area contributed by atoms with Crippen LogP contribution in [0.15, 0.2) is 30.7 Å². The van der Waals surface area contributed by atoms with Crippen molar-refractivity contribution in [3.8, 4) is 11.5 Å². The van der Waals surface area contributed by atoms with E-state index < -0.39 is 13.3 Å². The molecule has 0 aliphatic carbocycles. The van der Waals surface area contributed by atoms with Crippen LogP contribution in [0.1, 0.15) is 36.3 Å². The zero-order valence-electron chi connectivity index (χ0n) is 15.5. The summed E-state index contributed by atoms with van der Waals surface area (Å²) in [5.74, 6) is 0.450. The molecule has 0 saturated heterocycles. The van der Waals surface area contributed by atoms with Crippen molar-refractivity contribution in [2.45, 2.75) is 32.9 Å². The van der Waals surface area contributed by atoms with Gasteiger partial charge in [-0.1, -0.05) is 6.07 Å². The van der Waals surface area contributed by atoms with E-state index in [2.05, 4.69) is 9.97 Å². The summed E-state index contributed by atoms with van der Waals surface area (Å²) in [6.45, 7) is 5.83. The number of ether oxygens (including phenoxy) is 1. The largest absolute Gasteiger partial charge is 0.504 e. The summed E-state index contributed by atoms with van der Waals surface area (Å²) < 4.78 is 29.8. The zero-order valence-corrected chi connectivity index (χ0v) is 16.4. The predicted octanol–water partition coefficient (Wildman–Crippen LogP) is 4.05. The number of aryl methyl sites for hydroxylation is 1. The Morgan fingerprint density at radius 2 is 1.88 bits per heavy atom. The van der Waals surface area contributed by atoms with Crippen LogP contribution in [-0.2, 0) is 20.0 Å². The summed E-state index contributed by atoms with van der Waals surface area (Å²) in [5.41, 5.74) is 1.40. The van der Waals surface area contributed by atoms with E-state index >= 15 is 0 Å². The minimum atomic E-state index is -3.47. The number of aromatic nitrogens is 2. The SMILES string of the molecule is CCOP(=O)(OCC)C(Cc1cc(C)c(O)c(OC)c1)c1cnccn1. The minimum absolute atomic E-state index is 0.0881. The summed E-state index contributed by atoms with van der Waals surface area (Å²) in [5, 5.41) is 10.0. The molecule has 0 radical (unpaired) electrons. The summed E-state index contributed by atoms with van der Waals surface area (Å²) in [6.07, 6.45) is 5.01. The Balaban J connectivity index is 2.48. The van der Waals surface area contributed by atoms with Gasteiger partial charge in [-0.15, -0.1) is 0 Å². The van der Waals surface area contributed by atoms with Gasteiger partial charge < -0.3 is 18.9 Å². The van der Waals surface area contributed by atoms with Gasteiger partial charge in [0, 0.05) is 18.6 Å². The molecule has 1 aromatic carbocycles. The van der Waals surface area contributed by atoms with Gasteiger partial charge in [0.1, 0.15) is 5.66 Å². The van der Waals surface area contributed by atoms with Crippen molar-refractivity contribution in [2.24, 2.45) is 0 Å². The highest BCUT2D eigenvalue weighted by Gasteiger charge is 2.38. The molecule has 1 unspecified atom stereocenters. The van der Waals surface area contributed by atoms with E-state index in [-0.39, 0.29) is 19.0 Å². The lowest BCUT2D eigenvalue weighted by atomic mass is 10.0. The zero-order chi connectivity index (χ0) is 19.2. The molecule has 0 aliphatic heterocycles. The Labute approximate surface area is 153 Å². The van der Waals surface area contributed by atoms with E-state index in [1.807, 2.05) is 6.07 Å². The molecule has 0 aliphatic rings. The van der Waals surface area contributed by atoms with Crippen LogP contribution in [0.3, 0.4) is 0 Å². The minimum Gasteiger partial charge on any atom is -0.504 e. The standard InChI is InChI=1S/C18H25N2O5P/c1-5-24-26(22,25-6-2)17(15-12-19-7-8-20-15)11-14-9-13(3)18(21)16(10-14)23-4/h7-10,12,17,21H,5-6,11H2,1-4H3. The maximum atomic E-state index is 13.4. The Morgan fingerprint density at radius 1 is 1.19 bits per heavy atom. The molecule has 1 atom stereocenters. The van der Waals surface area contributed by atoms with E-state index in [0.29, 0.717) is 23.4 Å². The predicted molar refractivity (Wildman–Crippen MR) is 98.7 cm³/mol. The highest BCUT2D eigenvalue weighted by Crippen LogP contribution is 2.61. The van der Waals surface area contributed by atoms with Gasteiger partial charge in [0.05, 0.1) is 26.0 Å². The molecule has 142 valence electrons. The van der Waals surface area contributed by atoms with Crippen LogP contribution in [0.5, 0.6) is 11.5 Å². The van der Waals surface area contributed by atoms with Crippen molar-refractivity contribution in [1.29, 1.82) is 0 Å². The summed E-state index contributed by atoms with van der Waals surface area (Å²) in [6, 6.07) is 3.54. The van der Waals surface area contributed by atoms with Crippen LogP contribution in [0.25, 0.3) is 0 Å². The molecule has 0 bridgehead atoms. The molecule has 0 saturated carbocycles. The van der Waals surface area contributed by atoms with Crippen molar-refractivity contribution in [1.82, 2.24) is 9.97 Å². The molecule has 26 heavy (non-hydrogen) atoms. The van der Waals surface area contributed by atoms with Gasteiger partial charge >= 0.3 is 7.60 Å². The Hall–Kier alpha value is -1.95. The fourth-order valence-corrected chi connectivity index (χ4v) is 4.80. The summed E-state index contributed by atoms with van der Waals surface area (Å²) >= 11 is 0. The molecule has 7 nitrogen and oxygen atoms in total. The number of nitrogens with zero attached hydrogens (tertiary/aromatic N) is 2. The van der Waals surface area contributed by atoms with E-state index in [4.69, 9.17) is 13.8 Å². The van der Waals surface area contributed by atoms with Gasteiger partial charge in [0.25, 0.3) is 0 Å². The van der Waals surface area contributed by atoms with Gasteiger partial charge in [-0.3, -0.25) is 14.5 Å². The first-order valence-electron chi connectivity index (χ1n) is 8.46. The highest BCUT2D eigenvalue weighted by molar-refractivity contribution is 7.54. The Morgan fingerprint density at radius 3 is 2.42 bits per heavy atom. The van der Waals surface area contributed by atoms with E-state index in [0.717, 1.165) is 5.56 Å². The number of hydrogen-bond donors (Lipinski definition) is 1. The number of phenols is 1. The van der Waals surface area contributed by atoms with Gasteiger partial charge in [-0.2, -0.15) is 0 Å². The van der Waals surface area contributed by atoms with Gasteiger partial charge in [0.15, 0.2) is 11.5 Å². The van der Waals surface area contributed by atoms with Crippen LogP contribution in [-0.4, -0.2) is 35.4 Å². The third-order valence-corrected chi connectivity index (χ3v) is 6.35. The third kappa shape index (κ3) is 4.61. The van der Waals surface area contributed by atoms with E-state index in [1.54, 1.807) is 45.4 Å². The third-order valence-electron chi connectivity index (χ3n) is 3.90. The lowest BCUT2D eigenvalue weighted by molar-refractivity contribution is 0.211. The van der Waals surface area contributed by atoms with Crippen molar-refractivity contribution < 1.29 is 23.5 Å². The normalized spacial score (nSPS) is 12.8. The number of hydrogen-bond acceptors (Lipinski definition) is 7. The first-order valence-corrected chi connectivity index (χ1v) is 10.1. The van der Waals surface area contributed by atoms with Crippen LogP contribution >= 0.6 is 7.60 Å². The van der Waals surface area contributed by atoms with Gasteiger partial charge in [-0.05, 0) is 44.4 Å². The highest BCUT2D eigenvalue weighted by atomic mass is 31.2. The quantitative estimate of drug-likeness (QED) is 0.656. The summed E-state index contributed by atoms with van der Waals surface area (Å²) in [4.78, 5) is 8.40. The molecule has 2 rings (SSSR count). The summed E-state index contributed by atoms with van der Waals surface area (Å²) in [7, 11) is -1.98. The molecule has 1 aromatic heterocycles. The molecule has 2 aromatic rings. The molecule has 0 amide bonds. The maximum Gasteiger partial charge on any atom is 0.340 e. The number of rotatable bonds is 9. The van der Waals surface area contributed by atoms with E-state index in [1.165, 1.54) is 7.11 Å². The van der Waals surface area contributed by atoms with Crippen LogP contribution < -0.4 is 4.74 Å². The first kappa shape index (κ1) is 20.4.